The van der Waals surface area contributed by atoms with Crippen molar-refractivity contribution in [3.63, 3.8) is 0 Å². The van der Waals surface area contributed by atoms with Crippen LogP contribution in [-0.2, 0) is 14.8 Å². The number of rotatable bonds is 5. The standard InChI is InChI=1S/C7H12N2O5S/c1-4(3-8)15(13,14)9-6(5(2)10)7(11)12/h4-6,9-10H,1-2H3,(H,11,12). The van der Waals surface area contributed by atoms with E-state index in [1.54, 1.807) is 4.72 Å². The molecule has 0 amide bonds. The average Bonchev–Trinajstić information content (AvgIpc) is 2.11. The highest BCUT2D eigenvalue weighted by atomic mass is 32.2. The van der Waals surface area contributed by atoms with Crippen molar-refractivity contribution in [2.45, 2.75) is 31.2 Å². The van der Waals surface area contributed by atoms with Gasteiger partial charge in [-0.15, -0.1) is 0 Å². The fourth-order valence-corrected chi connectivity index (χ4v) is 1.70. The lowest BCUT2D eigenvalue weighted by atomic mass is 10.2. The number of carboxylic acid groups (broad SMARTS) is 1. The minimum Gasteiger partial charge on any atom is -0.480 e. The van der Waals surface area contributed by atoms with Gasteiger partial charge >= 0.3 is 5.97 Å². The Morgan fingerprint density at radius 2 is 1.93 bits per heavy atom. The first-order valence-corrected chi connectivity index (χ1v) is 5.58. The first-order chi connectivity index (χ1) is 6.72. The lowest BCUT2D eigenvalue weighted by molar-refractivity contribution is -0.141. The van der Waals surface area contributed by atoms with Gasteiger partial charge in [0.15, 0.2) is 5.25 Å². The van der Waals surface area contributed by atoms with E-state index < -0.39 is 33.4 Å². The van der Waals surface area contributed by atoms with E-state index in [1.165, 1.54) is 6.07 Å². The molecule has 0 fully saturated rings. The summed E-state index contributed by atoms with van der Waals surface area (Å²) < 4.78 is 24.3. The van der Waals surface area contributed by atoms with Gasteiger partial charge in [-0.25, -0.2) is 8.42 Å². The van der Waals surface area contributed by atoms with Crippen molar-refractivity contribution in [1.29, 1.82) is 5.26 Å². The Morgan fingerprint density at radius 3 is 2.20 bits per heavy atom. The lowest BCUT2D eigenvalue weighted by Crippen LogP contribution is -2.49. The zero-order valence-electron chi connectivity index (χ0n) is 8.21. The quantitative estimate of drug-likeness (QED) is 0.541. The summed E-state index contributed by atoms with van der Waals surface area (Å²) in [6, 6.07) is -0.184. The van der Waals surface area contributed by atoms with Crippen molar-refractivity contribution < 1.29 is 23.4 Å². The molecule has 7 nitrogen and oxygen atoms in total. The fourth-order valence-electron chi connectivity index (χ4n) is 0.704. The number of nitriles is 1. The summed E-state index contributed by atoms with van der Waals surface area (Å²) in [6.07, 6.45) is -1.39. The Balaban J connectivity index is 4.86. The van der Waals surface area contributed by atoms with Gasteiger partial charge in [-0.2, -0.15) is 9.98 Å². The molecule has 0 aliphatic carbocycles. The molecule has 3 atom stereocenters. The van der Waals surface area contributed by atoms with Crippen LogP contribution in [0.25, 0.3) is 0 Å². The molecule has 0 radical (unpaired) electrons. The molecular weight excluding hydrogens is 224 g/mol. The molecule has 86 valence electrons. The zero-order chi connectivity index (χ0) is 12.2. The number of aliphatic hydroxyl groups excluding tert-OH is 1. The molecule has 0 spiro atoms. The molecular formula is C7H12N2O5S. The first kappa shape index (κ1) is 13.8. The van der Waals surface area contributed by atoms with Crippen molar-refractivity contribution in [1.82, 2.24) is 4.72 Å². The van der Waals surface area contributed by atoms with Gasteiger partial charge in [0, 0.05) is 0 Å². The summed E-state index contributed by atoms with van der Waals surface area (Å²) in [5.41, 5.74) is 0. The number of aliphatic hydroxyl groups is 1. The maximum Gasteiger partial charge on any atom is 0.324 e. The molecule has 15 heavy (non-hydrogen) atoms. The lowest BCUT2D eigenvalue weighted by Gasteiger charge is -2.17. The van der Waals surface area contributed by atoms with Gasteiger partial charge < -0.3 is 10.2 Å². The van der Waals surface area contributed by atoms with Gasteiger partial charge in [-0.3, -0.25) is 4.79 Å². The van der Waals surface area contributed by atoms with Crippen LogP contribution in [0.2, 0.25) is 0 Å². The van der Waals surface area contributed by atoms with Crippen LogP contribution in [0, 0.1) is 11.3 Å². The Labute approximate surface area is 87.4 Å². The largest absolute Gasteiger partial charge is 0.480 e. The third kappa shape index (κ3) is 3.83. The minimum absolute atomic E-state index is 1.11. The molecule has 0 aromatic rings. The van der Waals surface area contributed by atoms with Crippen LogP contribution in [-0.4, -0.2) is 42.0 Å². The molecule has 0 saturated carbocycles. The second-order valence-electron chi connectivity index (χ2n) is 2.99. The molecule has 0 saturated heterocycles. The van der Waals surface area contributed by atoms with Crippen LogP contribution in [0.4, 0.5) is 0 Å². The number of carbonyl (C=O) groups is 1. The molecule has 0 aromatic heterocycles. The highest BCUT2D eigenvalue weighted by Crippen LogP contribution is 2.01. The Bertz CT molecular complexity index is 369. The van der Waals surface area contributed by atoms with E-state index in [0.29, 0.717) is 0 Å². The van der Waals surface area contributed by atoms with Crippen molar-refractivity contribution in [3.8, 4) is 6.07 Å². The summed E-state index contributed by atoms with van der Waals surface area (Å²) in [4.78, 5) is 10.6. The molecule has 0 aliphatic heterocycles. The summed E-state index contributed by atoms with van der Waals surface area (Å²) >= 11 is 0. The summed E-state index contributed by atoms with van der Waals surface area (Å²) in [5.74, 6) is -1.50. The van der Waals surface area contributed by atoms with Gasteiger partial charge in [0.05, 0.1) is 12.2 Å². The predicted molar refractivity (Wildman–Crippen MR) is 50.2 cm³/mol. The molecule has 0 rings (SSSR count). The monoisotopic (exact) mass is 236 g/mol. The van der Waals surface area contributed by atoms with Gasteiger partial charge in [0.25, 0.3) is 0 Å². The Morgan fingerprint density at radius 1 is 1.47 bits per heavy atom. The highest BCUT2D eigenvalue weighted by Gasteiger charge is 2.31. The van der Waals surface area contributed by atoms with E-state index in [9.17, 15) is 13.2 Å². The van der Waals surface area contributed by atoms with E-state index in [4.69, 9.17) is 15.5 Å². The molecule has 0 aromatic carbocycles. The summed E-state index contributed by atoms with van der Waals surface area (Å²) in [5, 5.41) is 24.6. The van der Waals surface area contributed by atoms with Crippen LogP contribution in [0.1, 0.15) is 13.8 Å². The second-order valence-corrected chi connectivity index (χ2v) is 5.02. The number of nitrogens with one attached hydrogen (secondary N) is 1. The van der Waals surface area contributed by atoms with Crippen LogP contribution >= 0.6 is 0 Å². The number of hydrogen-bond donors (Lipinski definition) is 3. The predicted octanol–water partition coefficient (Wildman–Crippen LogP) is -1.35. The first-order valence-electron chi connectivity index (χ1n) is 4.04. The van der Waals surface area contributed by atoms with Gasteiger partial charge in [0.2, 0.25) is 10.0 Å². The van der Waals surface area contributed by atoms with Gasteiger partial charge in [-0.05, 0) is 13.8 Å². The van der Waals surface area contributed by atoms with Gasteiger partial charge in [-0.1, -0.05) is 0 Å². The van der Waals surface area contributed by atoms with Crippen molar-refractivity contribution in [2.24, 2.45) is 0 Å². The maximum absolute atomic E-state index is 11.3. The Hall–Kier alpha value is -1.17. The molecule has 0 bridgehead atoms. The summed E-state index contributed by atoms with van der Waals surface area (Å²) in [7, 11) is -4.05. The molecule has 8 heteroatoms. The molecule has 3 N–H and O–H groups in total. The van der Waals surface area contributed by atoms with E-state index >= 15 is 0 Å². The Kier molecular flexibility index (Phi) is 4.67. The average molecular weight is 236 g/mol. The molecule has 0 aliphatic rings. The smallest absolute Gasteiger partial charge is 0.324 e. The fraction of sp³-hybridized carbons (Fsp3) is 0.714. The van der Waals surface area contributed by atoms with Crippen LogP contribution in [0.3, 0.4) is 0 Å². The van der Waals surface area contributed by atoms with E-state index in [2.05, 4.69) is 0 Å². The van der Waals surface area contributed by atoms with Crippen molar-refractivity contribution >= 4 is 16.0 Å². The summed E-state index contributed by atoms with van der Waals surface area (Å²) in [6.45, 7) is 2.25. The van der Waals surface area contributed by atoms with Crippen LogP contribution < -0.4 is 4.72 Å². The van der Waals surface area contributed by atoms with E-state index in [1.807, 2.05) is 0 Å². The van der Waals surface area contributed by atoms with Crippen LogP contribution in [0.15, 0.2) is 0 Å². The SMILES string of the molecule is CC(O)C(NS(=O)(=O)C(C)C#N)C(=O)O. The maximum atomic E-state index is 11.3. The second kappa shape index (κ2) is 5.06. The number of carboxylic acids is 1. The van der Waals surface area contributed by atoms with E-state index in [-0.39, 0.29) is 0 Å². The normalized spacial score (nSPS) is 17.5. The number of nitrogens with zero attached hydrogens (tertiary/aromatic N) is 1. The highest BCUT2D eigenvalue weighted by molar-refractivity contribution is 7.90. The van der Waals surface area contributed by atoms with E-state index in [0.717, 1.165) is 13.8 Å². The number of aliphatic carboxylic acids is 1. The molecule has 0 heterocycles. The van der Waals surface area contributed by atoms with Crippen molar-refractivity contribution in [2.75, 3.05) is 0 Å². The minimum atomic E-state index is -4.05. The number of hydrogen-bond acceptors (Lipinski definition) is 5. The third-order valence-corrected chi connectivity index (χ3v) is 3.31. The third-order valence-electron chi connectivity index (χ3n) is 1.69. The molecule has 3 unspecified atom stereocenters. The number of sulfonamides is 1. The van der Waals surface area contributed by atoms with Gasteiger partial charge in [0.1, 0.15) is 6.04 Å². The zero-order valence-corrected chi connectivity index (χ0v) is 9.02. The topological polar surface area (TPSA) is 127 Å². The van der Waals surface area contributed by atoms with Crippen LogP contribution in [0.5, 0.6) is 0 Å². The van der Waals surface area contributed by atoms with Crippen molar-refractivity contribution in [3.05, 3.63) is 0 Å².